The molecule has 0 spiro atoms. The second kappa shape index (κ2) is 7.24. The molecule has 3 aromatic carbocycles. The number of nitrogens with zero attached hydrogens (tertiary/aromatic N) is 3. The predicted molar refractivity (Wildman–Crippen MR) is 142 cm³/mol. The molecule has 7 aromatic rings. The number of rotatable bonds is 2. The van der Waals surface area contributed by atoms with Crippen LogP contribution in [-0.2, 0) is 0 Å². The summed E-state index contributed by atoms with van der Waals surface area (Å²) >= 11 is 5.30. The van der Waals surface area contributed by atoms with Gasteiger partial charge in [-0.15, -0.1) is 11.3 Å². The minimum absolute atomic E-state index is 0.823. The van der Waals surface area contributed by atoms with Crippen LogP contribution in [0.2, 0.25) is 0 Å². The quantitative estimate of drug-likeness (QED) is 0.221. The molecule has 0 fully saturated rings. The highest BCUT2D eigenvalue weighted by Gasteiger charge is 2.16. The van der Waals surface area contributed by atoms with Gasteiger partial charge in [-0.25, -0.2) is 4.98 Å². The average molecular weight is 506 g/mol. The molecule has 0 aliphatic heterocycles. The van der Waals surface area contributed by atoms with Crippen LogP contribution >= 0.6 is 27.3 Å². The monoisotopic (exact) mass is 505 g/mol. The second-order valence-corrected chi connectivity index (χ2v) is 9.95. The van der Waals surface area contributed by atoms with E-state index in [1.165, 1.54) is 31.3 Å². The predicted octanol–water partition coefficient (Wildman–Crippen LogP) is 8.37. The van der Waals surface area contributed by atoms with Crippen molar-refractivity contribution in [3.8, 4) is 16.8 Å². The van der Waals surface area contributed by atoms with Gasteiger partial charge in [-0.2, -0.15) is 0 Å². The van der Waals surface area contributed by atoms with Gasteiger partial charge in [-0.3, -0.25) is 4.98 Å². The largest absolute Gasteiger partial charge is 0.306 e. The summed E-state index contributed by atoms with van der Waals surface area (Å²) in [7, 11) is 0. The lowest BCUT2D eigenvalue weighted by Crippen LogP contribution is -1.94. The number of hydrogen-bond donors (Lipinski definition) is 0. The van der Waals surface area contributed by atoms with E-state index in [9.17, 15) is 0 Å². The van der Waals surface area contributed by atoms with Crippen LogP contribution in [0.1, 0.15) is 0 Å². The van der Waals surface area contributed by atoms with Gasteiger partial charge in [0, 0.05) is 31.8 Å². The lowest BCUT2D eigenvalue weighted by atomic mass is 9.98. The molecule has 0 saturated carbocycles. The van der Waals surface area contributed by atoms with Crippen molar-refractivity contribution in [2.75, 3.05) is 0 Å². The summed E-state index contributed by atoms with van der Waals surface area (Å²) in [5.41, 5.74) is 6.68. The molecule has 33 heavy (non-hydrogen) atoms. The lowest BCUT2D eigenvalue weighted by molar-refractivity contribution is 1.13. The van der Waals surface area contributed by atoms with Gasteiger partial charge >= 0.3 is 0 Å². The molecule has 156 valence electrons. The van der Waals surface area contributed by atoms with Gasteiger partial charge in [0.15, 0.2) is 0 Å². The van der Waals surface area contributed by atoms with Gasteiger partial charge in [0.1, 0.15) is 4.60 Å². The Hall–Kier alpha value is -3.54. The molecule has 4 heterocycles. The highest BCUT2D eigenvalue weighted by molar-refractivity contribution is 9.10. The molecular weight excluding hydrogens is 490 g/mol. The van der Waals surface area contributed by atoms with Crippen molar-refractivity contribution >= 4 is 69.4 Å². The third kappa shape index (κ3) is 2.86. The Morgan fingerprint density at radius 3 is 2.55 bits per heavy atom. The molecule has 0 saturated heterocycles. The summed E-state index contributed by atoms with van der Waals surface area (Å²) in [6.45, 7) is 0. The van der Waals surface area contributed by atoms with E-state index in [4.69, 9.17) is 4.98 Å². The summed E-state index contributed by atoms with van der Waals surface area (Å²) in [6, 6.07) is 30.2. The van der Waals surface area contributed by atoms with Crippen molar-refractivity contribution in [2.24, 2.45) is 0 Å². The standard InChI is InChI=1S/C28H16BrN3S/c29-26-13-11-18(16-31-26)32-22-12-10-17(15-21(22)28-23(32)7-4-14-30-28)19-6-3-9-25-27(19)20-5-1-2-8-24(20)33-25/h1-16H. The minimum Gasteiger partial charge on any atom is -0.306 e. The molecule has 0 N–H and O–H groups in total. The van der Waals surface area contributed by atoms with Crippen molar-refractivity contribution in [3.05, 3.63) is 102 Å². The summed E-state index contributed by atoms with van der Waals surface area (Å²) in [6.07, 6.45) is 3.76. The number of aromatic nitrogens is 3. The zero-order valence-corrected chi connectivity index (χ0v) is 19.8. The Kier molecular flexibility index (Phi) is 4.16. The zero-order valence-electron chi connectivity index (χ0n) is 17.4. The molecule has 5 heteroatoms. The van der Waals surface area contributed by atoms with E-state index in [-0.39, 0.29) is 0 Å². The summed E-state index contributed by atoms with van der Waals surface area (Å²) < 4.78 is 5.70. The normalized spacial score (nSPS) is 11.8. The SMILES string of the molecule is Brc1ccc(-n2c3ccc(-c4cccc5sc6ccccc6c45)cc3c3ncccc32)cn1. The molecule has 4 aromatic heterocycles. The second-order valence-electron chi connectivity index (χ2n) is 8.05. The number of thiophene rings is 1. The van der Waals surface area contributed by atoms with Crippen LogP contribution in [-0.4, -0.2) is 14.5 Å². The molecule has 0 radical (unpaired) electrons. The highest BCUT2D eigenvalue weighted by atomic mass is 79.9. The first kappa shape index (κ1) is 19.0. The fourth-order valence-corrected chi connectivity index (χ4v) is 6.16. The molecule has 0 bridgehead atoms. The van der Waals surface area contributed by atoms with Crippen LogP contribution in [0.15, 0.2) is 102 Å². The smallest absolute Gasteiger partial charge is 0.106 e. The van der Waals surface area contributed by atoms with Crippen molar-refractivity contribution in [1.29, 1.82) is 0 Å². The van der Waals surface area contributed by atoms with E-state index in [0.717, 1.165) is 32.2 Å². The molecule has 3 nitrogen and oxygen atoms in total. The number of fused-ring (bicyclic) bond motifs is 6. The van der Waals surface area contributed by atoms with E-state index in [0.29, 0.717) is 0 Å². The molecule has 0 aliphatic rings. The van der Waals surface area contributed by atoms with Crippen molar-refractivity contribution in [3.63, 3.8) is 0 Å². The lowest BCUT2D eigenvalue weighted by Gasteiger charge is -2.08. The van der Waals surface area contributed by atoms with E-state index in [2.05, 4.69) is 98.3 Å². The topological polar surface area (TPSA) is 30.7 Å². The molecule has 7 rings (SSSR count). The van der Waals surface area contributed by atoms with Gasteiger partial charge in [0.2, 0.25) is 0 Å². The maximum Gasteiger partial charge on any atom is 0.106 e. The van der Waals surface area contributed by atoms with Crippen LogP contribution in [0.3, 0.4) is 0 Å². The fraction of sp³-hybridized carbons (Fsp3) is 0. The van der Waals surface area contributed by atoms with Crippen LogP contribution < -0.4 is 0 Å². The van der Waals surface area contributed by atoms with Gasteiger partial charge in [0.25, 0.3) is 0 Å². The van der Waals surface area contributed by atoms with Gasteiger partial charge < -0.3 is 4.57 Å². The van der Waals surface area contributed by atoms with Crippen LogP contribution in [0.4, 0.5) is 0 Å². The average Bonchev–Trinajstić information content (AvgIpc) is 3.40. The number of hydrogen-bond acceptors (Lipinski definition) is 3. The third-order valence-electron chi connectivity index (χ3n) is 6.20. The Bertz CT molecular complexity index is 1830. The Morgan fingerprint density at radius 1 is 0.727 bits per heavy atom. The van der Waals surface area contributed by atoms with Gasteiger partial charge in [-0.1, -0.05) is 36.4 Å². The van der Waals surface area contributed by atoms with Crippen LogP contribution in [0, 0.1) is 0 Å². The van der Waals surface area contributed by atoms with Crippen molar-refractivity contribution < 1.29 is 0 Å². The first-order valence-electron chi connectivity index (χ1n) is 10.7. The van der Waals surface area contributed by atoms with Crippen molar-refractivity contribution in [1.82, 2.24) is 14.5 Å². The highest BCUT2D eigenvalue weighted by Crippen LogP contribution is 2.41. The third-order valence-corrected chi connectivity index (χ3v) is 7.81. The zero-order chi connectivity index (χ0) is 21.9. The summed E-state index contributed by atoms with van der Waals surface area (Å²) in [4.78, 5) is 9.21. The number of halogens is 1. The molecule has 0 unspecified atom stereocenters. The Morgan fingerprint density at radius 2 is 1.64 bits per heavy atom. The first-order chi connectivity index (χ1) is 16.3. The summed E-state index contributed by atoms with van der Waals surface area (Å²) in [5.74, 6) is 0. The van der Waals surface area contributed by atoms with E-state index in [1.54, 1.807) is 0 Å². The van der Waals surface area contributed by atoms with Crippen LogP contribution in [0.25, 0.3) is 58.9 Å². The van der Waals surface area contributed by atoms with E-state index < -0.39 is 0 Å². The Balaban J connectivity index is 1.54. The molecular formula is C28H16BrN3S. The fourth-order valence-electron chi connectivity index (χ4n) is 4.80. The van der Waals surface area contributed by atoms with Crippen molar-refractivity contribution in [2.45, 2.75) is 0 Å². The van der Waals surface area contributed by atoms with Gasteiger partial charge in [-0.05, 0) is 75.6 Å². The maximum absolute atomic E-state index is 4.76. The van der Waals surface area contributed by atoms with E-state index >= 15 is 0 Å². The molecule has 0 atom stereocenters. The van der Waals surface area contributed by atoms with Gasteiger partial charge in [0.05, 0.1) is 28.4 Å². The first-order valence-corrected chi connectivity index (χ1v) is 12.3. The van der Waals surface area contributed by atoms with E-state index in [1.807, 2.05) is 35.9 Å². The maximum atomic E-state index is 4.76. The molecule has 0 amide bonds. The number of benzene rings is 3. The Labute approximate surface area is 202 Å². The molecule has 0 aliphatic carbocycles. The summed E-state index contributed by atoms with van der Waals surface area (Å²) in [5, 5.41) is 3.78. The minimum atomic E-state index is 0.823. The number of pyridine rings is 2. The van der Waals surface area contributed by atoms with Crippen LogP contribution in [0.5, 0.6) is 0 Å².